The number of anilines is 1. The number of hydrogen-bond donors (Lipinski definition) is 1. The van der Waals surface area contributed by atoms with Crippen LogP contribution in [0.4, 0.5) is 5.69 Å². The zero-order valence-electron chi connectivity index (χ0n) is 14.5. The minimum atomic E-state index is 0.234. The van der Waals surface area contributed by atoms with Gasteiger partial charge in [0.05, 0.1) is 25.6 Å². The Morgan fingerprint density at radius 1 is 1.00 bits per heavy atom. The quantitative estimate of drug-likeness (QED) is 0.793. The van der Waals surface area contributed by atoms with Crippen molar-refractivity contribution in [2.45, 2.75) is 12.8 Å². The second kappa shape index (κ2) is 6.12. The second-order valence-electron chi connectivity index (χ2n) is 6.11. The van der Waals surface area contributed by atoms with Crippen molar-refractivity contribution in [2.75, 3.05) is 26.1 Å². The van der Waals surface area contributed by atoms with E-state index in [4.69, 9.17) is 9.47 Å². The van der Waals surface area contributed by atoms with E-state index in [1.807, 2.05) is 42.5 Å². The number of fused-ring (bicyclic) bond motifs is 3. The Bertz CT molecular complexity index is 902. The lowest BCUT2D eigenvalue weighted by Crippen LogP contribution is -2.09. The number of benzene rings is 2. The number of aromatic nitrogens is 3. The molecule has 2 heterocycles. The summed E-state index contributed by atoms with van der Waals surface area (Å²) >= 11 is 0. The van der Waals surface area contributed by atoms with Gasteiger partial charge in [-0.15, -0.1) is 10.2 Å². The maximum atomic E-state index is 5.42. The maximum Gasteiger partial charge on any atom is 0.168 e. The minimum Gasteiger partial charge on any atom is -0.497 e. The normalized spacial score (nSPS) is 15.6. The first kappa shape index (κ1) is 15.5. The zero-order chi connectivity index (χ0) is 17.4. The third-order valence-electron chi connectivity index (χ3n) is 4.52. The van der Waals surface area contributed by atoms with Crippen molar-refractivity contribution in [2.24, 2.45) is 0 Å². The predicted octanol–water partition coefficient (Wildman–Crippen LogP) is 3.48. The molecule has 1 N–H and O–H groups in total. The highest BCUT2D eigenvalue weighted by Crippen LogP contribution is 2.35. The molecule has 0 saturated heterocycles. The lowest BCUT2D eigenvalue weighted by atomic mass is 10.1. The molecule has 1 aliphatic heterocycles. The molecule has 0 saturated carbocycles. The standard InChI is InChI=1S/C19H20N4O2/c1-12-11-20-16-9-8-15(25-3)10-17(16)23-18(12)21-22-19(23)13-4-6-14(24-2)7-5-13/h4-10,12,20H,11H2,1-3H3. The summed E-state index contributed by atoms with van der Waals surface area (Å²) < 4.78 is 12.8. The SMILES string of the molecule is COc1ccc(-c2nnc3n2-c2cc(OC)ccc2NCC3C)cc1. The van der Waals surface area contributed by atoms with Gasteiger partial charge in [-0.1, -0.05) is 6.92 Å². The third kappa shape index (κ3) is 2.59. The van der Waals surface area contributed by atoms with Crippen LogP contribution in [0.25, 0.3) is 17.1 Å². The first-order valence-corrected chi connectivity index (χ1v) is 8.23. The van der Waals surface area contributed by atoms with Gasteiger partial charge in [-0.3, -0.25) is 4.57 Å². The molecule has 1 aromatic heterocycles. The fraction of sp³-hybridized carbons (Fsp3) is 0.263. The van der Waals surface area contributed by atoms with E-state index in [2.05, 4.69) is 27.0 Å². The molecule has 128 valence electrons. The summed E-state index contributed by atoms with van der Waals surface area (Å²) in [7, 11) is 3.33. The molecule has 6 heteroatoms. The minimum absolute atomic E-state index is 0.234. The Morgan fingerprint density at radius 2 is 1.72 bits per heavy atom. The summed E-state index contributed by atoms with van der Waals surface area (Å²) in [5.41, 5.74) is 3.03. The van der Waals surface area contributed by atoms with Crippen LogP contribution >= 0.6 is 0 Å². The number of hydrogen-bond acceptors (Lipinski definition) is 5. The van der Waals surface area contributed by atoms with Gasteiger partial charge in [0.15, 0.2) is 5.82 Å². The molecule has 1 aliphatic rings. The van der Waals surface area contributed by atoms with Gasteiger partial charge in [0, 0.05) is 24.1 Å². The van der Waals surface area contributed by atoms with E-state index in [1.165, 1.54) is 0 Å². The molecule has 25 heavy (non-hydrogen) atoms. The highest BCUT2D eigenvalue weighted by molar-refractivity contribution is 5.70. The van der Waals surface area contributed by atoms with Crippen LogP contribution in [-0.4, -0.2) is 35.5 Å². The lowest BCUT2D eigenvalue weighted by Gasteiger charge is -2.13. The summed E-state index contributed by atoms with van der Waals surface area (Å²) in [4.78, 5) is 0. The number of nitrogens with zero attached hydrogens (tertiary/aromatic N) is 3. The van der Waals surface area contributed by atoms with Crippen molar-refractivity contribution < 1.29 is 9.47 Å². The Labute approximate surface area is 146 Å². The Morgan fingerprint density at radius 3 is 2.44 bits per heavy atom. The van der Waals surface area contributed by atoms with E-state index in [0.29, 0.717) is 0 Å². The van der Waals surface area contributed by atoms with Crippen molar-refractivity contribution >= 4 is 5.69 Å². The Hall–Kier alpha value is -3.02. The smallest absolute Gasteiger partial charge is 0.168 e. The summed E-state index contributed by atoms with van der Waals surface area (Å²) in [5.74, 6) is 3.60. The van der Waals surface area contributed by atoms with Crippen LogP contribution < -0.4 is 14.8 Å². The van der Waals surface area contributed by atoms with Gasteiger partial charge in [-0.25, -0.2) is 0 Å². The van der Waals surface area contributed by atoms with Gasteiger partial charge in [0.1, 0.15) is 17.3 Å². The molecule has 6 nitrogen and oxygen atoms in total. The van der Waals surface area contributed by atoms with E-state index < -0.39 is 0 Å². The van der Waals surface area contributed by atoms with Gasteiger partial charge in [0.2, 0.25) is 0 Å². The van der Waals surface area contributed by atoms with Crippen LogP contribution in [0.1, 0.15) is 18.7 Å². The van der Waals surface area contributed by atoms with Crippen LogP contribution in [0.2, 0.25) is 0 Å². The van der Waals surface area contributed by atoms with Crippen molar-refractivity contribution in [3.8, 4) is 28.6 Å². The molecular weight excluding hydrogens is 316 g/mol. The summed E-state index contributed by atoms with van der Waals surface area (Å²) in [6.45, 7) is 2.95. The fourth-order valence-corrected chi connectivity index (χ4v) is 3.11. The third-order valence-corrected chi connectivity index (χ3v) is 4.52. The molecule has 0 spiro atoms. The van der Waals surface area contributed by atoms with Crippen LogP contribution in [0, 0.1) is 0 Å². The molecule has 0 amide bonds. The molecule has 1 unspecified atom stereocenters. The molecule has 0 fully saturated rings. The highest BCUT2D eigenvalue weighted by Gasteiger charge is 2.25. The zero-order valence-corrected chi connectivity index (χ0v) is 14.5. The summed E-state index contributed by atoms with van der Waals surface area (Å²) in [6.07, 6.45) is 0. The van der Waals surface area contributed by atoms with Gasteiger partial charge in [-0.2, -0.15) is 0 Å². The molecule has 0 aliphatic carbocycles. The highest BCUT2D eigenvalue weighted by atomic mass is 16.5. The number of nitrogens with one attached hydrogen (secondary N) is 1. The van der Waals surface area contributed by atoms with Gasteiger partial charge >= 0.3 is 0 Å². The van der Waals surface area contributed by atoms with E-state index in [9.17, 15) is 0 Å². The van der Waals surface area contributed by atoms with E-state index >= 15 is 0 Å². The van der Waals surface area contributed by atoms with Crippen molar-refractivity contribution in [3.05, 3.63) is 48.3 Å². The topological polar surface area (TPSA) is 61.2 Å². The first-order valence-electron chi connectivity index (χ1n) is 8.23. The van der Waals surface area contributed by atoms with Gasteiger partial charge < -0.3 is 14.8 Å². The molecule has 0 radical (unpaired) electrons. The predicted molar refractivity (Wildman–Crippen MR) is 96.8 cm³/mol. The number of ether oxygens (including phenoxy) is 2. The molecule has 4 rings (SSSR count). The van der Waals surface area contributed by atoms with E-state index in [0.717, 1.165) is 46.6 Å². The average molecular weight is 336 g/mol. The molecule has 3 aromatic rings. The van der Waals surface area contributed by atoms with Crippen LogP contribution in [0.15, 0.2) is 42.5 Å². The van der Waals surface area contributed by atoms with Crippen molar-refractivity contribution in [3.63, 3.8) is 0 Å². The first-order chi connectivity index (χ1) is 12.2. The molecule has 0 bridgehead atoms. The number of methoxy groups -OCH3 is 2. The molecule has 2 aromatic carbocycles. The molecular formula is C19H20N4O2. The van der Waals surface area contributed by atoms with Crippen LogP contribution in [0.3, 0.4) is 0 Å². The van der Waals surface area contributed by atoms with Crippen LogP contribution in [-0.2, 0) is 0 Å². The second-order valence-corrected chi connectivity index (χ2v) is 6.11. The Kier molecular flexibility index (Phi) is 3.80. The average Bonchev–Trinajstić information content (AvgIpc) is 3.05. The van der Waals surface area contributed by atoms with E-state index in [1.54, 1.807) is 14.2 Å². The monoisotopic (exact) mass is 336 g/mol. The fourth-order valence-electron chi connectivity index (χ4n) is 3.11. The Balaban J connectivity index is 1.92. The van der Waals surface area contributed by atoms with Crippen molar-refractivity contribution in [1.29, 1.82) is 0 Å². The lowest BCUT2D eigenvalue weighted by molar-refractivity contribution is 0.414. The van der Waals surface area contributed by atoms with E-state index in [-0.39, 0.29) is 5.92 Å². The largest absolute Gasteiger partial charge is 0.497 e. The van der Waals surface area contributed by atoms with Crippen LogP contribution in [0.5, 0.6) is 11.5 Å². The summed E-state index contributed by atoms with van der Waals surface area (Å²) in [5, 5.41) is 12.4. The van der Waals surface area contributed by atoms with Gasteiger partial charge in [0.25, 0.3) is 0 Å². The van der Waals surface area contributed by atoms with Gasteiger partial charge in [-0.05, 0) is 36.4 Å². The molecule has 1 atom stereocenters. The number of rotatable bonds is 3. The van der Waals surface area contributed by atoms with Crippen molar-refractivity contribution in [1.82, 2.24) is 14.8 Å². The summed E-state index contributed by atoms with van der Waals surface area (Å²) in [6, 6.07) is 13.9. The maximum absolute atomic E-state index is 5.42.